The summed E-state index contributed by atoms with van der Waals surface area (Å²) in [6, 6.07) is 2.92. The van der Waals surface area contributed by atoms with E-state index in [0.717, 1.165) is 18.2 Å². The Balaban J connectivity index is 2.14. The predicted molar refractivity (Wildman–Crippen MR) is 74.7 cm³/mol. The Kier molecular flexibility index (Phi) is 3.98. The van der Waals surface area contributed by atoms with Gasteiger partial charge in [0.15, 0.2) is 0 Å². The van der Waals surface area contributed by atoms with Gasteiger partial charge in [0.2, 0.25) is 11.8 Å². The molecule has 1 aromatic carbocycles. The summed E-state index contributed by atoms with van der Waals surface area (Å²) in [5.74, 6) is -2.55. The fourth-order valence-electron chi connectivity index (χ4n) is 2.30. The van der Waals surface area contributed by atoms with Crippen molar-refractivity contribution in [1.82, 2.24) is 5.32 Å². The lowest BCUT2D eigenvalue weighted by atomic mass is 10.0. The average Bonchev–Trinajstić information content (AvgIpc) is 2.68. The number of amides is 2. The molecular formula is C15H18F2N2O2. The summed E-state index contributed by atoms with van der Waals surface area (Å²) in [6.07, 6.45) is 0.0417. The van der Waals surface area contributed by atoms with Crippen molar-refractivity contribution in [1.29, 1.82) is 0 Å². The summed E-state index contributed by atoms with van der Waals surface area (Å²) in [5, 5.41) is 2.81. The van der Waals surface area contributed by atoms with Crippen LogP contribution in [0.1, 0.15) is 27.2 Å². The Hall–Kier alpha value is -1.98. The van der Waals surface area contributed by atoms with Gasteiger partial charge in [-0.1, -0.05) is 0 Å². The first-order valence-corrected chi connectivity index (χ1v) is 6.74. The lowest BCUT2D eigenvalue weighted by Gasteiger charge is -2.23. The molecule has 1 fully saturated rings. The van der Waals surface area contributed by atoms with Crippen LogP contribution in [0.3, 0.4) is 0 Å². The molecule has 1 aliphatic heterocycles. The van der Waals surface area contributed by atoms with Gasteiger partial charge in [-0.05, 0) is 32.9 Å². The molecule has 2 amide bonds. The number of carbonyl (C=O) groups excluding carboxylic acids is 2. The molecule has 4 nitrogen and oxygen atoms in total. The monoisotopic (exact) mass is 296 g/mol. The highest BCUT2D eigenvalue weighted by Gasteiger charge is 2.36. The van der Waals surface area contributed by atoms with Gasteiger partial charge < -0.3 is 10.2 Å². The number of rotatable bonds is 2. The first-order chi connectivity index (χ1) is 9.65. The van der Waals surface area contributed by atoms with Crippen LogP contribution in [-0.2, 0) is 9.59 Å². The number of benzene rings is 1. The molecule has 1 atom stereocenters. The number of nitrogens with one attached hydrogen (secondary N) is 1. The van der Waals surface area contributed by atoms with E-state index in [4.69, 9.17) is 0 Å². The lowest BCUT2D eigenvalue weighted by molar-refractivity contribution is -0.127. The van der Waals surface area contributed by atoms with Crippen molar-refractivity contribution in [3.8, 4) is 0 Å². The Morgan fingerprint density at radius 2 is 1.81 bits per heavy atom. The van der Waals surface area contributed by atoms with Crippen LogP contribution in [-0.4, -0.2) is 23.9 Å². The number of carbonyl (C=O) groups is 2. The van der Waals surface area contributed by atoms with Crippen molar-refractivity contribution in [3.05, 3.63) is 29.8 Å². The molecule has 21 heavy (non-hydrogen) atoms. The van der Waals surface area contributed by atoms with Gasteiger partial charge in [-0.3, -0.25) is 9.59 Å². The van der Waals surface area contributed by atoms with E-state index >= 15 is 0 Å². The van der Waals surface area contributed by atoms with Crippen molar-refractivity contribution in [3.63, 3.8) is 0 Å². The summed E-state index contributed by atoms with van der Waals surface area (Å²) < 4.78 is 26.5. The van der Waals surface area contributed by atoms with Gasteiger partial charge in [0, 0.05) is 30.3 Å². The van der Waals surface area contributed by atoms with Gasteiger partial charge in [-0.25, -0.2) is 8.78 Å². The third kappa shape index (κ3) is 3.77. The van der Waals surface area contributed by atoms with E-state index in [-0.39, 0.29) is 30.5 Å². The molecule has 0 spiro atoms. The van der Waals surface area contributed by atoms with Crippen molar-refractivity contribution in [2.75, 3.05) is 11.4 Å². The molecule has 1 aromatic rings. The summed E-state index contributed by atoms with van der Waals surface area (Å²) in [6.45, 7) is 5.67. The first kappa shape index (κ1) is 15.4. The Morgan fingerprint density at radius 3 is 2.33 bits per heavy atom. The van der Waals surface area contributed by atoms with E-state index in [1.54, 1.807) is 0 Å². The van der Waals surface area contributed by atoms with E-state index in [1.807, 2.05) is 20.8 Å². The van der Waals surface area contributed by atoms with E-state index < -0.39 is 23.1 Å². The molecule has 0 aliphatic carbocycles. The fourth-order valence-corrected chi connectivity index (χ4v) is 2.30. The Morgan fingerprint density at radius 1 is 1.24 bits per heavy atom. The van der Waals surface area contributed by atoms with Crippen LogP contribution in [0.5, 0.6) is 0 Å². The SMILES string of the molecule is CC(C)(C)NC(=O)[C@@H]1CC(=O)N(c2cc(F)cc(F)c2)C1. The second kappa shape index (κ2) is 5.42. The van der Waals surface area contributed by atoms with E-state index in [0.29, 0.717) is 0 Å². The van der Waals surface area contributed by atoms with Gasteiger partial charge in [0.05, 0.1) is 5.92 Å². The number of anilines is 1. The molecule has 0 saturated carbocycles. The Bertz CT molecular complexity index is 561. The van der Waals surface area contributed by atoms with Gasteiger partial charge in [0.25, 0.3) is 0 Å². The zero-order chi connectivity index (χ0) is 15.8. The van der Waals surface area contributed by atoms with Crippen LogP contribution in [0.4, 0.5) is 14.5 Å². The molecule has 1 saturated heterocycles. The highest BCUT2D eigenvalue weighted by Crippen LogP contribution is 2.27. The number of nitrogens with zero attached hydrogens (tertiary/aromatic N) is 1. The van der Waals surface area contributed by atoms with Gasteiger partial charge >= 0.3 is 0 Å². The van der Waals surface area contributed by atoms with Crippen molar-refractivity contribution in [2.24, 2.45) is 5.92 Å². The third-order valence-electron chi connectivity index (χ3n) is 3.15. The lowest BCUT2D eigenvalue weighted by Crippen LogP contribution is -2.44. The molecule has 0 bridgehead atoms. The summed E-state index contributed by atoms with van der Waals surface area (Å²) in [4.78, 5) is 25.3. The molecule has 1 aliphatic rings. The van der Waals surface area contributed by atoms with Crippen LogP contribution in [0.25, 0.3) is 0 Å². The second-order valence-corrected chi connectivity index (χ2v) is 6.27. The summed E-state index contributed by atoms with van der Waals surface area (Å²) in [5.41, 5.74) is -0.248. The number of hydrogen-bond acceptors (Lipinski definition) is 2. The van der Waals surface area contributed by atoms with Crippen LogP contribution >= 0.6 is 0 Å². The fraction of sp³-hybridized carbons (Fsp3) is 0.467. The average molecular weight is 296 g/mol. The molecule has 0 aromatic heterocycles. The van der Waals surface area contributed by atoms with Crippen LogP contribution in [0.15, 0.2) is 18.2 Å². The Labute approximate surface area is 122 Å². The molecule has 1 N–H and O–H groups in total. The number of hydrogen-bond donors (Lipinski definition) is 1. The van der Waals surface area contributed by atoms with Crippen molar-refractivity contribution < 1.29 is 18.4 Å². The molecule has 114 valence electrons. The van der Waals surface area contributed by atoms with Crippen molar-refractivity contribution >= 4 is 17.5 Å². The van der Waals surface area contributed by atoms with Crippen LogP contribution in [0, 0.1) is 17.6 Å². The molecule has 0 radical (unpaired) electrons. The predicted octanol–water partition coefficient (Wildman–Crippen LogP) is 2.23. The summed E-state index contributed by atoms with van der Waals surface area (Å²) in [7, 11) is 0. The minimum absolute atomic E-state index is 0.0417. The quantitative estimate of drug-likeness (QED) is 0.910. The first-order valence-electron chi connectivity index (χ1n) is 6.74. The van der Waals surface area contributed by atoms with Gasteiger partial charge in [0.1, 0.15) is 11.6 Å². The minimum atomic E-state index is -0.750. The topological polar surface area (TPSA) is 49.4 Å². The maximum Gasteiger partial charge on any atom is 0.227 e. The standard InChI is InChI=1S/C15H18F2N2O2/c1-15(2,3)18-14(21)9-4-13(20)19(8-9)12-6-10(16)5-11(17)7-12/h5-7,9H,4,8H2,1-3H3,(H,18,21)/t9-/m1/s1. The maximum absolute atomic E-state index is 13.2. The van der Waals surface area contributed by atoms with Gasteiger partial charge in [-0.15, -0.1) is 0 Å². The molecule has 2 rings (SSSR count). The molecule has 0 unspecified atom stereocenters. The third-order valence-corrected chi connectivity index (χ3v) is 3.15. The van der Waals surface area contributed by atoms with Crippen LogP contribution < -0.4 is 10.2 Å². The minimum Gasteiger partial charge on any atom is -0.351 e. The maximum atomic E-state index is 13.2. The van der Waals surface area contributed by atoms with Gasteiger partial charge in [-0.2, -0.15) is 0 Å². The van der Waals surface area contributed by atoms with Crippen molar-refractivity contribution in [2.45, 2.75) is 32.7 Å². The number of halogens is 2. The largest absolute Gasteiger partial charge is 0.351 e. The molecule has 6 heteroatoms. The van der Waals surface area contributed by atoms with E-state index in [9.17, 15) is 18.4 Å². The zero-order valence-electron chi connectivity index (χ0n) is 12.2. The zero-order valence-corrected chi connectivity index (χ0v) is 12.2. The van der Waals surface area contributed by atoms with E-state index in [2.05, 4.69) is 5.32 Å². The molecule has 1 heterocycles. The summed E-state index contributed by atoms with van der Waals surface area (Å²) >= 11 is 0. The molecular weight excluding hydrogens is 278 g/mol. The highest BCUT2D eigenvalue weighted by atomic mass is 19.1. The highest BCUT2D eigenvalue weighted by molar-refractivity contribution is 6.00. The second-order valence-electron chi connectivity index (χ2n) is 6.27. The van der Waals surface area contributed by atoms with E-state index in [1.165, 1.54) is 4.90 Å². The van der Waals surface area contributed by atoms with Crippen LogP contribution in [0.2, 0.25) is 0 Å². The normalized spacial score (nSPS) is 19.0. The smallest absolute Gasteiger partial charge is 0.227 e.